The number of phenols is 1. The number of hydrogen-bond donors (Lipinski definition) is 7. The summed E-state index contributed by atoms with van der Waals surface area (Å²) in [6, 6.07) is 3.42. The molecule has 0 atom stereocenters. The minimum Gasteiger partial charge on any atom is -0.508 e. The minimum absolute atomic E-state index is 0.0193. The first-order chi connectivity index (χ1) is 12.0. The summed E-state index contributed by atoms with van der Waals surface area (Å²) in [6.45, 7) is 4.74. The molecule has 0 aromatic heterocycles. The Morgan fingerprint density at radius 3 is 1.88 bits per heavy atom. The molecule has 7 heteroatoms. The first-order valence-corrected chi connectivity index (χ1v) is 9.25. The Hall–Kier alpha value is -1.22. The number of rotatable bonds is 12. The molecule has 0 heterocycles. The zero-order valence-electron chi connectivity index (χ0n) is 16.0. The molecule has 0 aliphatic carbocycles. The van der Waals surface area contributed by atoms with Crippen LogP contribution in [0.1, 0.15) is 69.6 Å². The van der Waals surface area contributed by atoms with Crippen LogP contribution in [-0.2, 0) is 19.5 Å². The van der Waals surface area contributed by atoms with Gasteiger partial charge in [0, 0.05) is 32.5 Å². The van der Waals surface area contributed by atoms with Crippen molar-refractivity contribution in [2.45, 2.75) is 84.2 Å². The predicted octanol–water partition coefficient (Wildman–Crippen LogP) is 1.40. The number of nitrogens with one attached hydrogen (secondary N) is 2. The van der Waals surface area contributed by atoms with Crippen molar-refractivity contribution in [2.75, 3.05) is 0 Å². The monoisotopic (exact) mass is 370 g/mol. The summed E-state index contributed by atoms with van der Waals surface area (Å²) < 4.78 is 0. The number of phenolic OH excluding ortho intramolecular Hbond substituents is 1. The van der Waals surface area contributed by atoms with Crippen molar-refractivity contribution in [3.05, 3.63) is 28.8 Å². The number of aryl methyl sites for hydroxylation is 1. The summed E-state index contributed by atoms with van der Waals surface area (Å²) in [5.41, 5.74) is 2.22. The van der Waals surface area contributed by atoms with Crippen LogP contribution in [0.15, 0.2) is 12.1 Å². The highest BCUT2D eigenvalue weighted by Crippen LogP contribution is 2.27. The van der Waals surface area contributed by atoms with E-state index in [0.29, 0.717) is 5.56 Å². The van der Waals surface area contributed by atoms with E-state index in [1.165, 1.54) is 33.1 Å². The van der Waals surface area contributed by atoms with E-state index in [2.05, 4.69) is 17.6 Å². The van der Waals surface area contributed by atoms with Crippen LogP contribution in [0.4, 0.5) is 0 Å². The first-order valence-electron chi connectivity index (χ1n) is 9.25. The maximum Gasteiger partial charge on any atom is 0.219 e. The third-order valence-electron chi connectivity index (χ3n) is 4.25. The molecular formula is C19H34N2O5. The maximum absolute atomic E-state index is 10.2. The van der Waals surface area contributed by atoms with Gasteiger partial charge in [-0.05, 0) is 30.0 Å². The molecule has 0 aliphatic rings. The molecule has 1 rings (SSSR count). The van der Waals surface area contributed by atoms with Crippen molar-refractivity contribution in [3.8, 4) is 5.75 Å². The van der Waals surface area contributed by atoms with Crippen LogP contribution in [0.25, 0.3) is 0 Å². The molecule has 0 aliphatic heterocycles. The van der Waals surface area contributed by atoms with Crippen LogP contribution in [-0.4, -0.2) is 37.4 Å². The third kappa shape index (κ3) is 8.93. The van der Waals surface area contributed by atoms with Gasteiger partial charge < -0.3 is 25.5 Å². The predicted molar refractivity (Wildman–Crippen MR) is 99.9 cm³/mol. The zero-order chi connectivity index (χ0) is 19.8. The Bertz CT molecular complexity index is 550. The summed E-state index contributed by atoms with van der Waals surface area (Å²) in [5, 5.41) is 53.4. The van der Waals surface area contributed by atoms with Gasteiger partial charge in [-0.1, -0.05) is 38.7 Å². The highest BCUT2D eigenvalue weighted by Gasteiger charge is 2.21. The van der Waals surface area contributed by atoms with Gasteiger partial charge in [-0.25, -0.2) is 0 Å². The van der Waals surface area contributed by atoms with Crippen LogP contribution >= 0.6 is 0 Å². The number of aliphatic hydroxyl groups is 4. The van der Waals surface area contributed by atoms with Gasteiger partial charge in [0.25, 0.3) is 0 Å². The molecule has 150 valence electrons. The summed E-state index contributed by atoms with van der Waals surface area (Å²) >= 11 is 0. The lowest BCUT2D eigenvalue weighted by atomic mass is 9.95. The molecular weight excluding hydrogens is 336 g/mol. The second-order valence-corrected chi connectivity index (χ2v) is 7.11. The maximum atomic E-state index is 10.2. The third-order valence-corrected chi connectivity index (χ3v) is 4.25. The zero-order valence-corrected chi connectivity index (χ0v) is 16.0. The molecule has 1 aromatic rings. The van der Waals surface area contributed by atoms with E-state index in [9.17, 15) is 25.5 Å². The molecule has 0 amide bonds. The Labute approximate surface area is 155 Å². The van der Waals surface area contributed by atoms with Crippen molar-refractivity contribution in [1.82, 2.24) is 10.6 Å². The van der Waals surface area contributed by atoms with E-state index in [1.807, 2.05) is 6.07 Å². The van der Waals surface area contributed by atoms with Gasteiger partial charge in [0.05, 0.1) is 0 Å². The second kappa shape index (κ2) is 10.2. The Morgan fingerprint density at radius 2 is 1.35 bits per heavy atom. The van der Waals surface area contributed by atoms with Gasteiger partial charge in [0.15, 0.2) is 0 Å². The normalized spacial score (nSPS) is 12.6. The van der Waals surface area contributed by atoms with Gasteiger partial charge in [0.1, 0.15) is 5.75 Å². The quantitative estimate of drug-likeness (QED) is 0.219. The topological polar surface area (TPSA) is 125 Å². The molecule has 0 radical (unpaired) electrons. The summed E-state index contributed by atoms with van der Waals surface area (Å²) in [7, 11) is 0. The summed E-state index contributed by atoms with van der Waals surface area (Å²) in [6.07, 6.45) is 6.47. The minimum atomic E-state index is -2.07. The van der Waals surface area contributed by atoms with Crippen molar-refractivity contribution < 1.29 is 25.5 Å². The number of hydrogen-bond acceptors (Lipinski definition) is 7. The Morgan fingerprint density at radius 1 is 0.808 bits per heavy atom. The molecule has 0 fully saturated rings. The highest BCUT2D eigenvalue weighted by atomic mass is 16.5. The Balaban J connectivity index is 2.98. The number of benzene rings is 1. The highest BCUT2D eigenvalue weighted by molar-refractivity contribution is 5.44. The van der Waals surface area contributed by atoms with Gasteiger partial charge >= 0.3 is 0 Å². The largest absolute Gasteiger partial charge is 0.508 e. The number of unbranched alkanes of at least 4 members (excludes halogenated alkanes) is 4. The summed E-state index contributed by atoms with van der Waals surface area (Å²) in [5.74, 6) is -4.10. The SMILES string of the molecule is CCCCCCCc1ccc(O)c(CNC(C)(O)O)c1CNC(C)(O)O. The van der Waals surface area contributed by atoms with E-state index >= 15 is 0 Å². The van der Waals surface area contributed by atoms with Crippen LogP contribution < -0.4 is 10.6 Å². The molecule has 26 heavy (non-hydrogen) atoms. The van der Waals surface area contributed by atoms with Crippen molar-refractivity contribution >= 4 is 0 Å². The lowest BCUT2D eigenvalue weighted by Gasteiger charge is -2.24. The standard InChI is InChI=1S/C19H34N2O5/c1-4-5-6-7-8-9-14-10-11-17(22)16(13-21-19(3,25)26)15(14)12-20-18(2,23)24/h10-11,20-26H,4-9,12-13H2,1-3H3. The fourth-order valence-electron chi connectivity index (χ4n) is 2.81. The van der Waals surface area contributed by atoms with Crippen LogP contribution in [0.5, 0.6) is 5.75 Å². The molecule has 7 N–H and O–H groups in total. The lowest BCUT2D eigenvalue weighted by molar-refractivity contribution is -0.172. The summed E-state index contributed by atoms with van der Waals surface area (Å²) in [4.78, 5) is 0. The van der Waals surface area contributed by atoms with Gasteiger partial charge in [-0.3, -0.25) is 10.6 Å². The lowest BCUT2D eigenvalue weighted by Crippen LogP contribution is -2.43. The van der Waals surface area contributed by atoms with E-state index in [0.717, 1.165) is 30.4 Å². The van der Waals surface area contributed by atoms with Crippen molar-refractivity contribution in [1.29, 1.82) is 0 Å². The van der Waals surface area contributed by atoms with E-state index in [1.54, 1.807) is 6.07 Å². The second-order valence-electron chi connectivity index (χ2n) is 7.11. The average Bonchev–Trinajstić information content (AvgIpc) is 2.51. The van der Waals surface area contributed by atoms with E-state index in [4.69, 9.17) is 0 Å². The molecule has 0 bridgehead atoms. The molecule has 1 aromatic carbocycles. The van der Waals surface area contributed by atoms with Crippen LogP contribution in [0.3, 0.4) is 0 Å². The first kappa shape index (κ1) is 22.8. The average molecular weight is 370 g/mol. The van der Waals surface area contributed by atoms with Crippen molar-refractivity contribution in [3.63, 3.8) is 0 Å². The number of aromatic hydroxyl groups is 1. The van der Waals surface area contributed by atoms with E-state index in [-0.39, 0.29) is 18.8 Å². The van der Waals surface area contributed by atoms with Crippen LogP contribution in [0, 0.1) is 0 Å². The van der Waals surface area contributed by atoms with E-state index < -0.39 is 11.8 Å². The molecule has 0 spiro atoms. The smallest absolute Gasteiger partial charge is 0.219 e. The fourth-order valence-corrected chi connectivity index (χ4v) is 2.81. The fraction of sp³-hybridized carbons (Fsp3) is 0.684. The van der Waals surface area contributed by atoms with Gasteiger partial charge in [0.2, 0.25) is 11.8 Å². The molecule has 7 nitrogen and oxygen atoms in total. The molecule has 0 saturated carbocycles. The van der Waals surface area contributed by atoms with Crippen LogP contribution in [0.2, 0.25) is 0 Å². The van der Waals surface area contributed by atoms with Gasteiger partial charge in [-0.2, -0.15) is 0 Å². The molecule has 0 saturated heterocycles. The van der Waals surface area contributed by atoms with Crippen molar-refractivity contribution in [2.24, 2.45) is 0 Å². The Kier molecular flexibility index (Phi) is 8.95. The van der Waals surface area contributed by atoms with Gasteiger partial charge in [-0.15, -0.1) is 0 Å². The molecule has 0 unspecified atom stereocenters.